The number of amides is 1. The molecule has 1 aliphatic heterocycles. The zero-order valence-electron chi connectivity index (χ0n) is 15.2. The molecule has 8 nitrogen and oxygen atoms in total. The normalized spacial score (nSPS) is 14.1. The zero-order valence-corrected chi connectivity index (χ0v) is 15.2. The Morgan fingerprint density at radius 1 is 1.33 bits per heavy atom. The summed E-state index contributed by atoms with van der Waals surface area (Å²) in [7, 11) is 2.92. The van der Waals surface area contributed by atoms with Gasteiger partial charge in [0.2, 0.25) is 5.91 Å². The molecule has 2 aromatic rings. The van der Waals surface area contributed by atoms with Crippen molar-refractivity contribution in [1.29, 1.82) is 0 Å². The second-order valence-corrected chi connectivity index (χ2v) is 6.10. The molecule has 144 valence electrons. The average Bonchev–Trinajstić information content (AvgIpc) is 2.67. The summed E-state index contributed by atoms with van der Waals surface area (Å²) >= 11 is 0. The maximum atomic E-state index is 13.5. The molecule has 0 atom stereocenters. The Morgan fingerprint density at radius 2 is 2.07 bits per heavy atom. The Balaban J connectivity index is 1.77. The number of benzene rings is 1. The number of morpholine rings is 1. The van der Waals surface area contributed by atoms with Gasteiger partial charge in [-0.3, -0.25) is 14.2 Å². The predicted octanol–water partition coefficient (Wildman–Crippen LogP) is 0.946. The van der Waals surface area contributed by atoms with Crippen LogP contribution in [-0.4, -0.2) is 48.9 Å². The van der Waals surface area contributed by atoms with E-state index in [1.54, 1.807) is 7.05 Å². The number of aromatic nitrogens is 2. The molecule has 2 heterocycles. The summed E-state index contributed by atoms with van der Waals surface area (Å²) in [6.07, 6.45) is -0.0936. The highest BCUT2D eigenvalue weighted by Gasteiger charge is 2.17. The number of carbonyl (C=O) groups is 1. The monoisotopic (exact) mass is 376 g/mol. The standard InChI is InChI=1S/C18H21FN4O4/c1-22-15(21-16(11-18(22)25)23-5-7-27-8-6-23)10-17(24)20-12-3-4-13(19)14(9-12)26-2/h3-4,9,11H,5-8,10H2,1-2H3,(H,20,24). The van der Waals surface area contributed by atoms with E-state index in [0.29, 0.717) is 43.6 Å². The minimum atomic E-state index is -0.516. The van der Waals surface area contributed by atoms with Gasteiger partial charge in [-0.2, -0.15) is 0 Å². The SMILES string of the molecule is COc1cc(NC(=O)Cc2nc(N3CCOCC3)cc(=O)n2C)ccc1F. The van der Waals surface area contributed by atoms with Gasteiger partial charge in [0.15, 0.2) is 11.6 Å². The first-order valence-electron chi connectivity index (χ1n) is 8.51. The largest absolute Gasteiger partial charge is 0.494 e. The molecule has 0 unspecified atom stereocenters. The van der Waals surface area contributed by atoms with Crippen LogP contribution in [0.5, 0.6) is 5.75 Å². The van der Waals surface area contributed by atoms with Gasteiger partial charge in [-0.15, -0.1) is 0 Å². The van der Waals surface area contributed by atoms with Crippen LogP contribution in [0.4, 0.5) is 15.9 Å². The summed E-state index contributed by atoms with van der Waals surface area (Å²) in [6.45, 7) is 2.42. The van der Waals surface area contributed by atoms with Crippen molar-refractivity contribution in [2.75, 3.05) is 43.6 Å². The molecule has 1 aliphatic rings. The van der Waals surface area contributed by atoms with E-state index >= 15 is 0 Å². The maximum absolute atomic E-state index is 13.5. The Morgan fingerprint density at radius 3 is 2.78 bits per heavy atom. The minimum Gasteiger partial charge on any atom is -0.494 e. The summed E-state index contributed by atoms with van der Waals surface area (Å²) in [6, 6.07) is 5.50. The molecule has 1 aromatic carbocycles. The smallest absolute Gasteiger partial charge is 0.255 e. The van der Waals surface area contributed by atoms with E-state index in [1.165, 1.54) is 35.9 Å². The van der Waals surface area contributed by atoms with Gasteiger partial charge < -0.3 is 19.7 Å². The first-order valence-corrected chi connectivity index (χ1v) is 8.51. The molecule has 0 aliphatic carbocycles. The van der Waals surface area contributed by atoms with Gasteiger partial charge in [-0.25, -0.2) is 9.37 Å². The van der Waals surface area contributed by atoms with E-state index in [0.717, 1.165) is 0 Å². The van der Waals surface area contributed by atoms with Crippen molar-refractivity contribution in [3.05, 3.63) is 46.3 Å². The number of rotatable bonds is 5. The van der Waals surface area contributed by atoms with Crippen LogP contribution in [0.15, 0.2) is 29.1 Å². The molecule has 9 heteroatoms. The number of halogens is 1. The van der Waals surface area contributed by atoms with E-state index in [1.807, 2.05) is 4.90 Å². The second kappa shape index (κ2) is 8.17. The van der Waals surface area contributed by atoms with Crippen LogP contribution in [0.25, 0.3) is 0 Å². The average molecular weight is 376 g/mol. The van der Waals surface area contributed by atoms with Gasteiger partial charge in [0.1, 0.15) is 11.6 Å². The van der Waals surface area contributed by atoms with E-state index in [4.69, 9.17) is 9.47 Å². The lowest BCUT2D eigenvalue weighted by Gasteiger charge is -2.28. The number of nitrogens with zero attached hydrogens (tertiary/aromatic N) is 3. The Bertz CT molecular complexity index is 893. The summed E-state index contributed by atoms with van der Waals surface area (Å²) in [5, 5.41) is 2.66. The Labute approximate surface area is 155 Å². The third-order valence-corrected chi connectivity index (χ3v) is 4.30. The Kier molecular flexibility index (Phi) is 5.70. The quantitative estimate of drug-likeness (QED) is 0.836. The van der Waals surface area contributed by atoms with Gasteiger partial charge in [-0.1, -0.05) is 0 Å². The highest BCUT2D eigenvalue weighted by molar-refractivity contribution is 5.92. The fourth-order valence-electron chi connectivity index (χ4n) is 2.77. The van der Waals surface area contributed by atoms with Crippen molar-refractivity contribution in [3.8, 4) is 5.75 Å². The number of hydrogen-bond donors (Lipinski definition) is 1. The number of anilines is 2. The summed E-state index contributed by atoms with van der Waals surface area (Å²) < 4.78 is 25.0. The number of ether oxygens (including phenoxy) is 2. The van der Waals surface area contributed by atoms with Crippen molar-refractivity contribution < 1.29 is 18.7 Å². The molecule has 27 heavy (non-hydrogen) atoms. The molecule has 1 amide bonds. The van der Waals surface area contributed by atoms with E-state index in [-0.39, 0.29) is 23.6 Å². The highest BCUT2D eigenvalue weighted by atomic mass is 19.1. The van der Waals surface area contributed by atoms with Crippen LogP contribution >= 0.6 is 0 Å². The van der Waals surface area contributed by atoms with Gasteiger partial charge in [0.25, 0.3) is 5.56 Å². The topological polar surface area (TPSA) is 85.7 Å². The lowest BCUT2D eigenvalue weighted by Crippen LogP contribution is -2.38. The summed E-state index contributed by atoms with van der Waals surface area (Å²) in [4.78, 5) is 31.1. The van der Waals surface area contributed by atoms with Crippen molar-refractivity contribution in [3.63, 3.8) is 0 Å². The van der Waals surface area contributed by atoms with Crippen LogP contribution in [0.1, 0.15) is 5.82 Å². The van der Waals surface area contributed by atoms with E-state index < -0.39 is 5.82 Å². The third kappa shape index (κ3) is 4.43. The van der Waals surface area contributed by atoms with E-state index in [9.17, 15) is 14.0 Å². The number of methoxy groups -OCH3 is 1. The first-order chi connectivity index (χ1) is 13.0. The van der Waals surface area contributed by atoms with Crippen LogP contribution in [0.2, 0.25) is 0 Å². The van der Waals surface area contributed by atoms with Gasteiger partial charge >= 0.3 is 0 Å². The number of nitrogens with one attached hydrogen (secondary N) is 1. The number of hydrogen-bond acceptors (Lipinski definition) is 6. The molecule has 0 saturated carbocycles. The van der Waals surface area contributed by atoms with Crippen LogP contribution in [-0.2, 0) is 23.0 Å². The molecule has 3 rings (SSSR count). The highest BCUT2D eigenvalue weighted by Crippen LogP contribution is 2.21. The predicted molar refractivity (Wildman–Crippen MR) is 97.8 cm³/mol. The van der Waals surface area contributed by atoms with Crippen molar-refractivity contribution in [2.45, 2.75) is 6.42 Å². The lowest BCUT2D eigenvalue weighted by atomic mass is 10.2. The fourth-order valence-corrected chi connectivity index (χ4v) is 2.77. The summed E-state index contributed by atoms with van der Waals surface area (Å²) in [5.74, 6) is 0.0268. The molecule has 1 fully saturated rings. The molecular formula is C18H21FN4O4. The fraction of sp³-hybridized carbons (Fsp3) is 0.389. The lowest BCUT2D eigenvalue weighted by molar-refractivity contribution is -0.115. The molecule has 1 aromatic heterocycles. The van der Waals surface area contributed by atoms with Crippen molar-refractivity contribution in [2.24, 2.45) is 7.05 Å². The third-order valence-electron chi connectivity index (χ3n) is 4.30. The van der Waals surface area contributed by atoms with Crippen molar-refractivity contribution >= 4 is 17.4 Å². The van der Waals surface area contributed by atoms with Crippen molar-refractivity contribution in [1.82, 2.24) is 9.55 Å². The summed E-state index contributed by atoms with van der Waals surface area (Å²) in [5.41, 5.74) is 0.158. The van der Waals surface area contributed by atoms with Gasteiger partial charge in [0.05, 0.1) is 26.7 Å². The number of carbonyl (C=O) groups excluding carboxylic acids is 1. The molecule has 1 saturated heterocycles. The zero-order chi connectivity index (χ0) is 19.4. The minimum absolute atomic E-state index is 0.0349. The molecule has 0 radical (unpaired) electrons. The molecule has 0 bridgehead atoms. The van der Waals surface area contributed by atoms with Crippen LogP contribution in [0, 0.1) is 5.82 Å². The molecule has 0 spiro atoms. The first kappa shape index (κ1) is 18.8. The molecular weight excluding hydrogens is 355 g/mol. The van der Waals surface area contributed by atoms with E-state index in [2.05, 4.69) is 10.3 Å². The second-order valence-electron chi connectivity index (χ2n) is 6.10. The van der Waals surface area contributed by atoms with Crippen LogP contribution in [0.3, 0.4) is 0 Å². The van der Waals surface area contributed by atoms with Crippen LogP contribution < -0.4 is 20.5 Å². The van der Waals surface area contributed by atoms with Gasteiger partial charge in [0, 0.05) is 38.0 Å². The Hall–Kier alpha value is -2.94. The maximum Gasteiger partial charge on any atom is 0.255 e. The van der Waals surface area contributed by atoms with Gasteiger partial charge in [-0.05, 0) is 12.1 Å². The molecule has 1 N–H and O–H groups in total.